The van der Waals surface area contributed by atoms with Crippen molar-refractivity contribution in [1.82, 2.24) is 19.9 Å². The van der Waals surface area contributed by atoms with Gasteiger partial charge in [-0.2, -0.15) is 4.98 Å². The third-order valence-electron chi connectivity index (χ3n) is 7.69. The fourth-order valence-electron chi connectivity index (χ4n) is 5.28. The number of aromatic nitrogens is 3. The van der Waals surface area contributed by atoms with Crippen LogP contribution in [0.2, 0.25) is 5.02 Å². The van der Waals surface area contributed by atoms with Gasteiger partial charge in [0.15, 0.2) is 17.9 Å². The molecular weight excluding hydrogens is 564 g/mol. The highest BCUT2D eigenvalue weighted by atomic mass is 35.5. The molecule has 1 aromatic carbocycles. The molecule has 0 amide bonds. The van der Waals surface area contributed by atoms with Crippen molar-refractivity contribution in [2.75, 3.05) is 62.8 Å². The molecule has 3 aromatic rings. The fraction of sp³-hybridized carbons (Fsp3) is 0.517. The standard InChI is InChI=1S/C29H35ClN6O6/c30-28-23-5-6-35(13-19(23)1-4-26(28)41-17-22-12-31-18-42-22)14-21(37)2-3-25(38)24-11-27(32-20-15-40-16-20)34-29(33-24)36-7-9-39-10-8-36/h1,4,11-12,18,20-21,37H,2-3,5-10,13-17H2,(H,32,33,34)/t21-/m0/s1. The second kappa shape index (κ2) is 13.3. The quantitative estimate of drug-likeness (QED) is 0.297. The number of aliphatic hydroxyl groups excluding tert-OH is 1. The number of nitrogens with zero attached hydrogens (tertiary/aromatic N) is 5. The number of Topliss-reactive ketones (excluding diaryl/α,β-unsaturated/α-hetero) is 1. The van der Waals surface area contributed by atoms with Crippen LogP contribution in [0.25, 0.3) is 0 Å². The molecule has 13 heteroatoms. The summed E-state index contributed by atoms with van der Waals surface area (Å²) in [5, 5.41) is 14.8. The van der Waals surface area contributed by atoms with Crippen LogP contribution in [0.5, 0.6) is 5.75 Å². The van der Waals surface area contributed by atoms with Crippen LogP contribution in [0, 0.1) is 0 Å². The number of nitrogens with one attached hydrogen (secondary N) is 1. The first-order valence-electron chi connectivity index (χ1n) is 14.3. The van der Waals surface area contributed by atoms with Gasteiger partial charge in [0.2, 0.25) is 5.95 Å². The topological polar surface area (TPSA) is 135 Å². The molecule has 224 valence electrons. The number of fused-ring (bicyclic) bond motifs is 1. The number of carbonyl (C=O) groups is 1. The van der Waals surface area contributed by atoms with Gasteiger partial charge in [0, 0.05) is 45.2 Å². The summed E-state index contributed by atoms with van der Waals surface area (Å²) >= 11 is 6.67. The van der Waals surface area contributed by atoms with Crippen LogP contribution < -0.4 is 15.0 Å². The molecule has 1 atom stereocenters. The van der Waals surface area contributed by atoms with Crippen molar-refractivity contribution in [3.05, 3.63) is 58.4 Å². The molecule has 2 fully saturated rings. The Morgan fingerprint density at radius 1 is 1.19 bits per heavy atom. The third-order valence-corrected chi connectivity index (χ3v) is 8.10. The highest BCUT2D eigenvalue weighted by Gasteiger charge is 2.25. The van der Waals surface area contributed by atoms with E-state index < -0.39 is 6.10 Å². The van der Waals surface area contributed by atoms with E-state index in [4.69, 9.17) is 30.2 Å². The second-order valence-corrected chi connectivity index (χ2v) is 11.2. The van der Waals surface area contributed by atoms with Crippen LogP contribution in [0.3, 0.4) is 0 Å². The van der Waals surface area contributed by atoms with Crippen molar-refractivity contribution in [2.45, 2.75) is 44.6 Å². The van der Waals surface area contributed by atoms with Crippen molar-refractivity contribution in [3.8, 4) is 5.75 Å². The Morgan fingerprint density at radius 2 is 2.05 bits per heavy atom. The van der Waals surface area contributed by atoms with E-state index in [1.807, 2.05) is 17.0 Å². The van der Waals surface area contributed by atoms with Crippen LogP contribution in [-0.2, 0) is 29.0 Å². The Bertz CT molecular complexity index is 1360. The summed E-state index contributed by atoms with van der Waals surface area (Å²) in [4.78, 5) is 30.6. The molecule has 6 rings (SSSR count). The maximum Gasteiger partial charge on any atom is 0.228 e. The van der Waals surface area contributed by atoms with Gasteiger partial charge in [-0.1, -0.05) is 17.7 Å². The number of morpholine rings is 1. The van der Waals surface area contributed by atoms with Gasteiger partial charge in [-0.3, -0.25) is 9.69 Å². The van der Waals surface area contributed by atoms with Crippen LogP contribution in [-0.4, -0.2) is 95.5 Å². The number of hydrogen-bond acceptors (Lipinski definition) is 12. The van der Waals surface area contributed by atoms with Gasteiger partial charge >= 0.3 is 0 Å². The van der Waals surface area contributed by atoms with E-state index in [0.29, 0.717) is 93.0 Å². The van der Waals surface area contributed by atoms with Crippen molar-refractivity contribution < 1.29 is 28.5 Å². The van der Waals surface area contributed by atoms with Crippen LogP contribution in [0.1, 0.15) is 40.2 Å². The van der Waals surface area contributed by atoms with Crippen molar-refractivity contribution in [2.24, 2.45) is 0 Å². The van der Waals surface area contributed by atoms with E-state index in [1.165, 1.54) is 6.39 Å². The second-order valence-electron chi connectivity index (χ2n) is 10.8. The lowest BCUT2D eigenvalue weighted by Crippen LogP contribution is -2.41. The lowest BCUT2D eigenvalue weighted by atomic mass is 9.98. The van der Waals surface area contributed by atoms with Gasteiger partial charge < -0.3 is 34.0 Å². The minimum atomic E-state index is -0.652. The molecule has 42 heavy (non-hydrogen) atoms. The lowest BCUT2D eigenvalue weighted by molar-refractivity contribution is 0.0209. The number of anilines is 2. The molecule has 0 saturated carbocycles. The first-order chi connectivity index (χ1) is 20.5. The lowest BCUT2D eigenvalue weighted by Gasteiger charge is -2.31. The number of β-amino-alcohol motifs (C(OH)–C–C–N with tert-alkyl or cyclic N) is 1. The maximum absolute atomic E-state index is 13.2. The van der Waals surface area contributed by atoms with Crippen molar-refractivity contribution in [1.29, 1.82) is 0 Å². The Labute approximate surface area is 248 Å². The molecular formula is C29H35ClN6O6. The SMILES string of the molecule is O=C(CC[C@H](O)CN1CCc2c(ccc(OCc3cnco3)c2Cl)C1)c1cc(NC2COC2)nc(N2CCOCC2)n1. The summed E-state index contributed by atoms with van der Waals surface area (Å²) < 4.78 is 21.8. The first kappa shape index (κ1) is 28.8. The normalized spacial score (nSPS) is 18.3. The minimum absolute atomic E-state index is 0.118. The molecule has 12 nitrogen and oxygen atoms in total. The maximum atomic E-state index is 13.2. The summed E-state index contributed by atoms with van der Waals surface area (Å²) in [6.07, 6.45) is 3.60. The molecule has 5 heterocycles. The molecule has 0 unspecified atom stereocenters. The highest BCUT2D eigenvalue weighted by molar-refractivity contribution is 6.33. The predicted molar refractivity (Wildman–Crippen MR) is 154 cm³/mol. The van der Waals surface area contributed by atoms with Crippen LogP contribution >= 0.6 is 11.6 Å². The number of rotatable bonds is 12. The smallest absolute Gasteiger partial charge is 0.228 e. The number of ketones is 1. The molecule has 2 aromatic heterocycles. The summed E-state index contributed by atoms with van der Waals surface area (Å²) in [7, 11) is 0. The minimum Gasteiger partial charge on any atom is -0.484 e. The van der Waals surface area contributed by atoms with Gasteiger partial charge in [-0.15, -0.1) is 0 Å². The van der Waals surface area contributed by atoms with Gasteiger partial charge in [-0.05, 0) is 30.0 Å². The fourth-order valence-corrected chi connectivity index (χ4v) is 5.61. The largest absolute Gasteiger partial charge is 0.484 e. The zero-order valence-electron chi connectivity index (χ0n) is 23.3. The zero-order valence-corrected chi connectivity index (χ0v) is 24.1. The zero-order chi connectivity index (χ0) is 28.9. The Balaban J connectivity index is 1.03. The number of ether oxygens (including phenoxy) is 3. The molecule has 0 bridgehead atoms. The van der Waals surface area contributed by atoms with E-state index in [9.17, 15) is 9.90 Å². The number of carbonyl (C=O) groups excluding carboxylic acids is 1. The molecule has 0 radical (unpaired) electrons. The Kier molecular flexibility index (Phi) is 9.15. The monoisotopic (exact) mass is 598 g/mol. The third kappa shape index (κ3) is 7.01. The van der Waals surface area contributed by atoms with Gasteiger partial charge in [0.1, 0.15) is 23.9 Å². The number of aliphatic hydroxyl groups is 1. The average molecular weight is 599 g/mol. The molecule has 0 aliphatic carbocycles. The highest BCUT2D eigenvalue weighted by Crippen LogP contribution is 2.34. The van der Waals surface area contributed by atoms with E-state index in [2.05, 4.69) is 25.2 Å². The molecule has 3 aliphatic heterocycles. The van der Waals surface area contributed by atoms with Crippen molar-refractivity contribution in [3.63, 3.8) is 0 Å². The van der Waals surface area contributed by atoms with E-state index >= 15 is 0 Å². The first-order valence-corrected chi connectivity index (χ1v) is 14.7. The molecule has 2 saturated heterocycles. The molecule has 2 N–H and O–H groups in total. The van der Waals surface area contributed by atoms with Crippen LogP contribution in [0.15, 0.2) is 35.2 Å². The number of halogens is 1. The predicted octanol–water partition coefficient (Wildman–Crippen LogP) is 2.73. The molecule has 0 spiro atoms. The van der Waals surface area contributed by atoms with Crippen LogP contribution in [0.4, 0.5) is 11.8 Å². The average Bonchev–Trinajstić information content (AvgIpc) is 3.51. The van der Waals surface area contributed by atoms with Gasteiger partial charge in [0.05, 0.1) is 49.8 Å². The number of oxazole rings is 1. The van der Waals surface area contributed by atoms with E-state index in [-0.39, 0.29) is 24.9 Å². The van der Waals surface area contributed by atoms with Crippen molar-refractivity contribution >= 4 is 29.2 Å². The van der Waals surface area contributed by atoms with Gasteiger partial charge in [-0.25, -0.2) is 9.97 Å². The Morgan fingerprint density at radius 3 is 2.81 bits per heavy atom. The van der Waals surface area contributed by atoms with Gasteiger partial charge in [0.25, 0.3) is 0 Å². The summed E-state index contributed by atoms with van der Waals surface area (Å²) in [5.41, 5.74) is 2.52. The van der Waals surface area contributed by atoms with E-state index in [1.54, 1.807) is 12.3 Å². The summed E-state index contributed by atoms with van der Waals surface area (Å²) in [6.45, 7) is 5.88. The Hall–Kier alpha value is -3.29. The summed E-state index contributed by atoms with van der Waals surface area (Å²) in [6, 6.07) is 5.75. The number of hydrogen-bond donors (Lipinski definition) is 2. The number of benzene rings is 1. The van der Waals surface area contributed by atoms with E-state index in [0.717, 1.165) is 24.1 Å². The summed E-state index contributed by atoms with van der Waals surface area (Å²) in [5.74, 6) is 2.25. The molecule has 3 aliphatic rings.